The molecule has 5 amide bonds. The third-order valence-electron chi connectivity index (χ3n) is 5.54. The van der Waals surface area contributed by atoms with Crippen molar-refractivity contribution in [2.75, 3.05) is 26.7 Å². The molecule has 1 aromatic rings. The molecule has 3 aliphatic rings. The van der Waals surface area contributed by atoms with E-state index >= 15 is 0 Å². The van der Waals surface area contributed by atoms with Crippen molar-refractivity contribution < 1.29 is 28.7 Å². The molecule has 1 saturated heterocycles. The lowest BCUT2D eigenvalue weighted by Crippen LogP contribution is -2.47. The Bertz CT molecular complexity index is 850. The fraction of sp³-hybridized carbons (Fsp3) is 0.500. The van der Waals surface area contributed by atoms with Gasteiger partial charge < -0.3 is 14.4 Å². The van der Waals surface area contributed by atoms with Crippen molar-refractivity contribution in [3.05, 3.63) is 24.3 Å². The van der Waals surface area contributed by atoms with Crippen LogP contribution in [0.4, 0.5) is 4.79 Å². The van der Waals surface area contributed by atoms with Crippen LogP contribution in [0.25, 0.3) is 0 Å². The van der Waals surface area contributed by atoms with Crippen LogP contribution in [-0.4, -0.2) is 77.3 Å². The maximum atomic E-state index is 12.6. The summed E-state index contributed by atoms with van der Waals surface area (Å²) in [6.07, 6.45) is 2.87. The van der Waals surface area contributed by atoms with Crippen molar-refractivity contribution in [2.24, 2.45) is 0 Å². The summed E-state index contributed by atoms with van der Waals surface area (Å²) in [7, 11) is 1.56. The maximum absolute atomic E-state index is 12.6. The van der Waals surface area contributed by atoms with Gasteiger partial charge in [0.1, 0.15) is 13.2 Å². The summed E-state index contributed by atoms with van der Waals surface area (Å²) in [5, 5.41) is 0. The number of fused-ring (bicyclic) bond motifs is 1. The van der Waals surface area contributed by atoms with Gasteiger partial charge in [-0.3, -0.25) is 19.3 Å². The molecule has 0 spiro atoms. The predicted octanol–water partition coefficient (Wildman–Crippen LogP) is 1.02. The molecule has 9 heteroatoms. The predicted molar refractivity (Wildman–Crippen MR) is 100 cm³/mol. The molecular formula is C20H23N3O6. The van der Waals surface area contributed by atoms with Crippen molar-refractivity contribution in [1.29, 1.82) is 0 Å². The molecule has 1 aromatic carbocycles. The van der Waals surface area contributed by atoms with E-state index in [1.807, 2.05) is 12.1 Å². The van der Waals surface area contributed by atoms with E-state index in [4.69, 9.17) is 9.47 Å². The minimum absolute atomic E-state index is 0.226. The topological polar surface area (TPSA) is 96.5 Å². The van der Waals surface area contributed by atoms with Gasteiger partial charge in [0.15, 0.2) is 17.6 Å². The molecule has 2 heterocycles. The monoisotopic (exact) mass is 401 g/mol. The molecule has 0 unspecified atom stereocenters. The van der Waals surface area contributed by atoms with Crippen LogP contribution in [0.5, 0.6) is 11.5 Å². The van der Waals surface area contributed by atoms with E-state index in [2.05, 4.69) is 0 Å². The summed E-state index contributed by atoms with van der Waals surface area (Å²) in [6, 6.07) is 6.33. The van der Waals surface area contributed by atoms with Gasteiger partial charge in [-0.05, 0) is 25.0 Å². The molecule has 1 saturated carbocycles. The van der Waals surface area contributed by atoms with Crippen LogP contribution in [-0.2, 0) is 14.4 Å². The van der Waals surface area contributed by atoms with Gasteiger partial charge in [-0.2, -0.15) is 0 Å². The van der Waals surface area contributed by atoms with Gasteiger partial charge in [0.05, 0.1) is 6.54 Å². The Morgan fingerprint density at radius 1 is 1.10 bits per heavy atom. The summed E-state index contributed by atoms with van der Waals surface area (Å²) in [5.74, 6) is -0.966. The zero-order chi connectivity index (χ0) is 20.5. The van der Waals surface area contributed by atoms with Crippen molar-refractivity contribution in [2.45, 2.75) is 37.8 Å². The first-order valence-corrected chi connectivity index (χ1v) is 9.77. The highest BCUT2D eigenvalue weighted by Crippen LogP contribution is 2.31. The summed E-state index contributed by atoms with van der Waals surface area (Å²) in [6.45, 7) is 0.0428. The average molecular weight is 401 g/mol. The van der Waals surface area contributed by atoms with E-state index in [-0.39, 0.29) is 25.3 Å². The Kier molecular flexibility index (Phi) is 5.12. The quantitative estimate of drug-likeness (QED) is 0.540. The fourth-order valence-corrected chi connectivity index (χ4v) is 3.96. The second-order valence-electron chi connectivity index (χ2n) is 7.56. The molecule has 1 atom stereocenters. The van der Waals surface area contributed by atoms with Gasteiger partial charge in [0.2, 0.25) is 5.91 Å². The van der Waals surface area contributed by atoms with E-state index in [1.165, 1.54) is 4.90 Å². The first-order valence-electron chi connectivity index (χ1n) is 9.77. The normalized spacial score (nSPS) is 21.8. The van der Waals surface area contributed by atoms with Crippen LogP contribution in [0.3, 0.4) is 0 Å². The second-order valence-corrected chi connectivity index (χ2v) is 7.56. The summed E-state index contributed by atoms with van der Waals surface area (Å²) in [4.78, 5) is 52.9. The van der Waals surface area contributed by atoms with E-state index in [0.717, 1.165) is 22.6 Å². The average Bonchev–Trinajstić information content (AvgIpc) is 3.31. The van der Waals surface area contributed by atoms with Crippen LogP contribution in [0.1, 0.15) is 25.7 Å². The number of hydrogen-bond acceptors (Lipinski definition) is 6. The maximum Gasteiger partial charge on any atom is 0.334 e. The number of imide groups is 2. The molecular weight excluding hydrogens is 378 g/mol. The number of ether oxygens (including phenoxy) is 2. The number of benzene rings is 1. The summed E-state index contributed by atoms with van der Waals surface area (Å²) < 4.78 is 11.5. The van der Waals surface area contributed by atoms with Crippen LogP contribution < -0.4 is 9.47 Å². The molecule has 9 nitrogen and oxygen atoms in total. The number of carbonyl (C=O) groups is 4. The van der Waals surface area contributed by atoms with Gasteiger partial charge in [0, 0.05) is 13.1 Å². The fourth-order valence-electron chi connectivity index (χ4n) is 3.96. The molecule has 2 fully saturated rings. The lowest BCUT2D eigenvalue weighted by molar-refractivity contribution is -0.145. The summed E-state index contributed by atoms with van der Waals surface area (Å²) in [5.41, 5.74) is 0. The Morgan fingerprint density at radius 3 is 2.52 bits per heavy atom. The highest BCUT2D eigenvalue weighted by Gasteiger charge is 2.48. The van der Waals surface area contributed by atoms with Gasteiger partial charge in [-0.1, -0.05) is 25.0 Å². The number of para-hydroxylation sites is 2. The largest absolute Gasteiger partial charge is 0.486 e. The zero-order valence-electron chi connectivity index (χ0n) is 16.2. The minimum atomic E-state index is -0.935. The third kappa shape index (κ3) is 3.64. The van der Waals surface area contributed by atoms with E-state index in [9.17, 15) is 19.2 Å². The molecule has 2 aliphatic heterocycles. The lowest BCUT2D eigenvalue weighted by Gasteiger charge is -2.30. The van der Waals surface area contributed by atoms with Crippen molar-refractivity contribution in [1.82, 2.24) is 14.7 Å². The van der Waals surface area contributed by atoms with E-state index < -0.39 is 30.3 Å². The number of rotatable bonds is 5. The molecule has 0 bridgehead atoms. The van der Waals surface area contributed by atoms with Gasteiger partial charge >= 0.3 is 17.8 Å². The van der Waals surface area contributed by atoms with Gasteiger partial charge in [-0.25, -0.2) is 9.69 Å². The molecule has 0 radical (unpaired) electrons. The number of urea groups is 1. The van der Waals surface area contributed by atoms with Crippen molar-refractivity contribution in [3.8, 4) is 11.5 Å². The first kappa shape index (κ1) is 19.2. The Hall–Kier alpha value is -3.10. The van der Waals surface area contributed by atoms with Crippen LogP contribution in [0, 0.1) is 0 Å². The number of carbonyl (C=O) groups excluding carboxylic acids is 4. The van der Waals surface area contributed by atoms with Crippen molar-refractivity contribution in [3.63, 3.8) is 0 Å². The van der Waals surface area contributed by atoms with Crippen LogP contribution in [0.2, 0.25) is 0 Å². The molecule has 0 N–H and O–H groups in total. The zero-order valence-corrected chi connectivity index (χ0v) is 16.2. The molecule has 0 aromatic heterocycles. The van der Waals surface area contributed by atoms with Crippen LogP contribution in [0.15, 0.2) is 24.3 Å². The Labute approximate surface area is 168 Å². The second kappa shape index (κ2) is 7.73. The molecule has 29 heavy (non-hydrogen) atoms. The van der Waals surface area contributed by atoms with Gasteiger partial charge in [-0.15, -0.1) is 0 Å². The number of amides is 5. The van der Waals surface area contributed by atoms with Crippen LogP contribution >= 0.6 is 0 Å². The molecule has 1 aliphatic carbocycles. The number of hydrogen-bond donors (Lipinski definition) is 0. The molecule has 4 rings (SSSR count). The highest BCUT2D eigenvalue weighted by molar-refractivity contribution is 6.45. The molecule has 154 valence electrons. The lowest BCUT2D eigenvalue weighted by atomic mass is 10.2. The third-order valence-corrected chi connectivity index (χ3v) is 5.54. The minimum Gasteiger partial charge on any atom is -0.486 e. The van der Waals surface area contributed by atoms with Gasteiger partial charge in [0.25, 0.3) is 0 Å². The number of likely N-dealkylation sites (N-methyl/N-ethyl adjacent to an activating group) is 1. The van der Waals surface area contributed by atoms with Crippen molar-refractivity contribution >= 4 is 23.8 Å². The highest BCUT2D eigenvalue weighted by atomic mass is 16.6. The standard InChI is InChI=1S/C20H23N3O6/c1-21(10-14-12-28-15-8-4-5-9-16(15)29-14)17(24)11-22-18(25)19(26)23(20(22)27)13-6-2-3-7-13/h4-5,8-9,13-14H,2-3,6-7,10-12H2,1H3/t14-/m0/s1. The SMILES string of the molecule is CN(C[C@H]1COc2ccccc2O1)C(=O)CN1C(=O)C(=O)N(C2CCCC2)C1=O. The summed E-state index contributed by atoms with van der Waals surface area (Å²) >= 11 is 0. The number of nitrogens with zero attached hydrogens (tertiary/aromatic N) is 3. The smallest absolute Gasteiger partial charge is 0.334 e. The van der Waals surface area contributed by atoms with E-state index in [1.54, 1.807) is 19.2 Å². The van der Waals surface area contributed by atoms with E-state index in [0.29, 0.717) is 24.3 Å². The first-order chi connectivity index (χ1) is 14.0. The Balaban J connectivity index is 1.35. The Morgan fingerprint density at radius 2 is 1.79 bits per heavy atom.